The highest BCUT2D eigenvalue weighted by Crippen LogP contribution is 2.35. The van der Waals surface area contributed by atoms with E-state index in [9.17, 15) is 23.3 Å². The Labute approximate surface area is 197 Å². The van der Waals surface area contributed by atoms with Gasteiger partial charge in [-0.2, -0.15) is 5.10 Å². The van der Waals surface area contributed by atoms with Crippen LogP contribution in [0.2, 0.25) is 5.02 Å². The molecule has 0 aromatic heterocycles. The van der Waals surface area contributed by atoms with Crippen molar-refractivity contribution in [3.63, 3.8) is 0 Å². The van der Waals surface area contributed by atoms with Crippen molar-refractivity contribution in [2.24, 2.45) is 5.10 Å². The molecule has 0 aliphatic carbocycles. The summed E-state index contributed by atoms with van der Waals surface area (Å²) >= 11 is 6.09. The largest absolute Gasteiger partial charge is 0.495 e. The molecule has 0 fully saturated rings. The minimum atomic E-state index is -4.44. The second-order valence-corrected chi connectivity index (χ2v) is 9.25. The summed E-state index contributed by atoms with van der Waals surface area (Å²) in [5.74, 6) is -0.565. The molecule has 2 aromatic carbocycles. The number of amides is 1. The molecule has 2 aromatic rings. The molecular formula is C21H25ClN4O6S. The first-order valence-electron chi connectivity index (χ1n) is 10.0. The number of hydrazone groups is 1. The van der Waals surface area contributed by atoms with Crippen molar-refractivity contribution in [1.82, 2.24) is 5.43 Å². The van der Waals surface area contributed by atoms with Crippen molar-refractivity contribution in [2.45, 2.75) is 38.5 Å². The van der Waals surface area contributed by atoms with Gasteiger partial charge in [-0.25, -0.2) is 13.8 Å². The lowest BCUT2D eigenvalue weighted by atomic mass is 10.2. The number of nitrogens with zero attached hydrogens (tertiary/aromatic N) is 3. The van der Waals surface area contributed by atoms with Gasteiger partial charge in [-0.15, -0.1) is 0 Å². The van der Waals surface area contributed by atoms with Crippen LogP contribution >= 0.6 is 11.6 Å². The standard InChI is InChI=1S/C21H25ClN4O6S/c1-5-16(6-2)23-24-21(27)13-25(19-11-15(22)8-10-20(19)32-4)33(30,31)17-9-7-14(3)18(12-17)26(28)29/h7-12H,5-6,13H2,1-4H3,(H,24,27). The Bertz CT molecular complexity index is 1180. The fraction of sp³-hybridized carbons (Fsp3) is 0.333. The van der Waals surface area contributed by atoms with Crippen molar-refractivity contribution < 1.29 is 22.9 Å². The van der Waals surface area contributed by atoms with Gasteiger partial charge in [0.25, 0.3) is 21.6 Å². The number of benzene rings is 2. The molecule has 0 saturated carbocycles. The molecule has 12 heteroatoms. The SMILES string of the molecule is CCC(CC)=NNC(=O)CN(c1cc(Cl)ccc1OC)S(=O)(=O)c1ccc(C)c([N+](=O)[O-])c1. The smallest absolute Gasteiger partial charge is 0.273 e. The van der Waals surface area contributed by atoms with E-state index in [-0.39, 0.29) is 27.0 Å². The minimum Gasteiger partial charge on any atom is -0.495 e. The van der Waals surface area contributed by atoms with Crippen molar-refractivity contribution in [3.8, 4) is 5.75 Å². The molecule has 0 saturated heterocycles. The first-order valence-corrected chi connectivity index (χ1v) is 11.8. The number of methoxy groups -OCH3 is 1. The van der Waals surface area contributed by atoms with Crippen LogP contribution < -0.4 is 14.5 Å². The van der Waals surface area contributed by atoms with E-state index in [0.29, 0.717) is 18.4 Å². The number of aryl methyl sites for hydroxylation is 1. The highest BCUT2D eigenvalue weighted by molar-refractivity contribution is 7.92. The first-order chi connectivity index (χ1) is 15.5. The number of anilines is 1. The van der Waals surface area contributed by atoms with Crippen molar-refractivity contribution in [1.29, 1.82) is 0 Å². The third-order valence-corrected chi connectivity index (χ3v) is 6.81. The molecule has 178 valence electrons. The summed E-state index contributed by atoms with van der Waals surface area (Å²) in [6, 6.07) is 7.82. The number of halogens is 1. The molecule has 0 aliphatic heterocycles. The summed E-state index contributed by atoms with van der Waals surface area (Å²) < 4.78 is 33.2. The third-order valence-electron chi connectivity index (χ3n) is 4.82. The lowest BCUT2D eigenvalue weighted by Gasteiger charge is -2.25. The monoisotopic (exact) mass is 496 g/mol. The van der Waals surface area contributed by atoms with Crippen LogP contribution in [0.4, 0.5) is 11.4 Å². The Morgan fingerprint density at radius 3 is 2.45 bits per heavy atom. The molecule has 0 unspecified atom stereocenters. The Morgan fingerprint density at radius 2 is 1.88 bits per heavy atom. The highest BCUT2D eigenvalue weighted by atomic mass is 35.5. The van der Waals surface area contributed by atoms with Crippen LogP contribution in [0, 0.1) is 17.0 Å². The van der Waals surface area contributed by atoms with Gasteiger partial charge < -0.3 is 4.74 Å². The average Bonchev–Trinajstić information content (AvgIpc) is 2.78. The van der Waals surface area contributed by atoms with Crippen LogP contribution in [-0.4, -0.2) is 38.6 Å². The summed E-state index contributed by atoms with van der Waals surface area (Å²) in [6.45, 7) is 4.60. The number of hydrogen-bond acceptors (Lipinski definition) is 7. The van der Waals surface area contributed by atoms with Gasteiger partial charge in [0.05, 0.1) is 22.6 Å². The predicted molar refractivity (Wildman–Crippen MR) is 127 cm³/mol. The zero-order valence-corrected chi connectivity index (χ0v) is 20.2. The zero-order valence-electron chi connectivity index (χ0n) is 18.7. The lowest BCUT2D eigenvalue weighted by molar-refractivity contribution is -0.385. The highest BCUT2D eigenvalue weighted by Gasteiger charge is 2.31. The molecule has 0 bridgehead atoms. The zero-order chi connectivity index (χ0) is 24.8. The topological polar surface area (TPSA) is 131 Å². The number of sulfonamides is 1. The summed E-state index contributed by atoms with van der Waals surface area (Å²) in [6.07, 6.45) is 1.24. The Hall–Kier alpha value is -3.18. The van der Waals surface area contributed by atoms with E-state index in [2.05, 4.69) is 10.5 Å². The van der Waals surface area contributed by atoms with Gasteiger partial charge in [0.2, 0.25) is 0 Å². The molecular weight excluding hydrogens is 472 g/mol. The summed E-state index contributed by atoms with van der Waals surface area (Å²) in [5, 5.41) is 15.6. The van der Waals surface area contributed by atoms with Gasteiger partial charge in [0.1, 0.15) is 12.3 Å². The molecule has 33 heavy (non-hydrogen) atoms. The average molecular weight is 497 g/mol. The lowest BCUT2D eigenvalue weighted by Crippen LogP contribution is -2.40. The van der Waals surface area contributed by atoms with Crippen LogP contribution in [-0.2, 0) is 14.8 Å². The first kappa shape index (κ1) is 26.1. The number of ether oxygens (including phenoxy) is 1. The Morgan fingerprint density at radius 1 is 1.21 bits per heavy atom. The molecule has 0 heterocycles. The number of nitro groups is 1. The normalized spacial score (nSPS) is 10.9. The third kappa shape index (κ3) is 6.20. The van der Waals surface area contributed by atoms with E-state index in [1.54, 1.807) is 0 Å². The second-order valence-electron chi connectivity index (χ2n) is 6.95. The van der Waals surface area contributed by atoms with Crippen molar-refractivity contribution in [2.75, 3.05) is 18.0 Å². The molecule has 1 N–H and O–H groups in total. The number of rotatable bonds is 10. The molecule has 1 amide bonds. The summed E-state index contributed by atoms with van der Waals surface area (Å²) in [5.41, 5.74) is 3.02. The molecule has 0 atom stereocenters. The Balaban J connectivity index is 2.61. The van der Waals surface area contributed by atoms with E-state index in [1.807, 2.05) is 13.8 Å². The maximum Gasteiger partial charge on any atom is 0.273 e. The molecule has 10 nitrogen and oxygen atoms in total. The van der Waals surface area contributed by atoms with Crippen molar-refractivity contribution >= 4 is 44.6 Å². The van der Waals surface area contributed by atoms with Gasteiger partial charge in [-0.05, 0) is 44.0 Å². The van der Waals surface area contributed by atoms with Crippen LogP contribution in [0.15, 0.2) is 46.4 Å². The van der Waals surface area contributed by atoms with Crippen molar-refractivity contribution in [3.05, 3.63) is 57.1 Å². The van der Waals surface area contributed by atoms with Gasteiger partial charge in [-0.3, -0.25) is 19.2 Å². The van der Waals surface area contributed by atoms with Gasteiger partial charge in [-0.1, -0.05) is 31.5 Å². The second kappa shape index (κ2) is 11.1. The van der Waals surface area contributed by atoms with Gasteiger partial charge in [0.15, 0.2) is 0 Å². The quantitative estimate of drug-likeness (QED) is 0.300. The van der Waals surface area contributed by atoms with E-state index in [0.717, 1.165) is 16.1 Å². The molecule has 0 radical (unpaired) electrons. The van der Waals surface area contributed by atoms with E-state index < -0.39 is 27.4 Å². The number of carbonyl (C=O) groups excluding carboxylic acids is 1. The maximum absolute atomic E-state index is 13.6. The van der Waals surface area contributed by atoms with Gasteiger partial charge >= 0.3 is 0 Å². The van der Waals surface area contributed by atoms with E-state index in [4.69, 9.17) is 16.3 Å². The number of nitro benzene ring substituents is 1. The maximum atomic E-state index is 13.6. The predicted octanol–water partition coefficient (Wildman–Crippen LogP) is 4.05. The van der Waals surface area contributed by atoms with Crippen LogP contribution in [0.1, 0.15) is 32.3 Å². The minimum absolute atomic E-state index is 0.00133. The van der Waals surface area contributed by atoms with Gasteiger partial charge in [0, 0.05) is 22.4 Å². The Kier molecular flexibility index (Phi) is 8.77. The van der Waals surface area contributed by atoms with E-state index >= 15 is 0 Å². The van der Waals surface area contributed by atoms with E-state index in [1.165, 1.54) is 44.4 Å². The summed E-state index contributed by atoms with van der Waals surface area (Å²) in [4.78, 5) is 23.0. The molecule has 0 spiro atoms. The van der Waals surface area contributed by atoms with Crippen LogP contribution in [0.25, 0.3) is 0 Å². The van der Waals surface area contributed by atoms with Crippen LogP contribution in [0.3, 0.4) is 0 Å². The molecule has 2 rings (SSSR count). The number of hydrogen-bond donors (Lipinski definition) is 1. The van der Waals surface area contributed by atoms with Crippen LogP contribution in [0.5, 0.6) is 5.75 Å². The number of carbonyl (C=O) groups is 1. The summed E-state index contributed by atoms with van der Waals surface area (Å²) in [7, 11) is -3.10. The fourth-order valence-electron chi connectivity index (χ4n) is 2.95. The number of nitrogens with one attached hydrogen (secondary N) is 1. The fourth-order valence-corrected chi connectivity index (χ4v) is 4.56. The molecule has 0 aliphatic rings.